The van der Waals surface area contributed by atoms with Crippen molar-refractivity contribution in [3.05, 3.63) is 54.4 Å². The number of halogens is 2. The third kappa shape index (κ3) is 2.60. The predicted molar refractivity (Wildman–Crippen MR) is 81.3 cm³/mol. The highest BCUT2D eigenvalue weighted by Crippen LogP contribution is 2.37. The summed E-state index contributed by atoms with van der Waals surface area (Å²) in [5.74, 6) is 0.0256. The Balaban J connectivity index is 1.56. The SMILES string of the molecule is Fc1cnc(N2CCC(F)(c3nc(-c4ccccc4)no3)C2)nc1. The van der Waals surface area contributed by atoms with E-state index in [-0.39, 0.29) is 24.8 Å². The van der Waals surface area contributed by atoms with E-state index in [1.54, 1.807) is 4.90 Å². The van der Waals surface area contributed by atoms with Crippen LogP contribution in [0.4, 0.5) is 14.7 Å². The molecular formula is C16H13F2N5O. The van der Waals surface area contributed by atoms with E-state index >= 15 is 4.39 Å². The zero-order valence-electron chi connectivity index (χ0n) is 12.6. The molecule has 3 aromatic rings. The number of rotatable bonds is 3. The molecule has 1 fully saturated rings. The van der Waals surface area contributed by atoms with Gasteiger partial charge in [-0.1, -0.05) is 35.5 Å². The molecule has 0 aliphatic carbocycles. The molecule has 1 unspecified atom stereocenters. The second-order valence-electron chi connectivity index (χ2n) is 5.63. The maximum atomic E-state index is 15.2. The molecule has 0 radical (unpaired) electrons. The molecule has 0 amide bonds. The summed E-state index contributed by atoms with van der Waals surface area (Å²) in [5, 5.41) is 3.86. The van der Waals surface area contributed by atoms with Crippen LogP contribution in [0.15, 0.2) is 47.2 Å². The summed E-state index contributed by atoms with van der Waals surface area (Å²) in [6.45, 7) is 0.361. The van der Waals surface area contributed by atoms with Gasteiger partial charge < -0.3 is 9.42 Å². The van der Waals surface area contributed by atoms with Gasteiger partial charge in [-0.25, -0.2) is 18.7 Å². The van der Waals surface area contributed by atoms with Crippen LogP contribution in [0, 0.1) is 5.82 Å². The Kier molecular flexibility index (Phi) is 3.44. The largest absolute Gasteiger partial charge is 0.337 e. The van der Waals surface area contributed by atoms with Crippen LogP contribution >= 0.6 is 0 Å². The number of hydrogen-bond acceptors (Lipinski definition) is 6. The zero-order valence-corrected chi connectivity index (χ0v) is 12.6. The fourth-order valence-corrected chi connectivity index (χ4v) is 2.70. The summed E-state index contributed by atoms with van der Waals surface area (Å²) in [4.78, 5) is 13.6. The van der Waals surface area contributed by atoms with Gasteiger partial charge in [0, 0.05) is 18.5 Å². The molecule has 122 valence electrons. The van der Waals surface area contributed by atoms with Gasteiger partial charge in [0.1, 0.15) is 0 Å². The number of alkyl halides is 1. The molecule has 24 heavy (non-hydrogen) atoms. The van der Waals surface area contributed by atoms with Crippen molar-refractivity contribution in [1.82, 2.24) is 20.1 Å². The van der Waals surface area contributed by atoms with E-state index in [1.165, 1.54) is 0 Å². The Morgan fingerprint density at radius 2 is 1.88 bits per heavy atom. The van der Waals surface area contributed by atoms with Gasteiger partial charge in [0.15, 0.2) is 5.82 Å². The molecule has 1 atom stereocenters. The van der Waals surface area contributed by atoms with Crippen LogP contribution in [0.25, 0.3) is 11.4 Å². The summed E-state index contributed by atoms with van der Waals surface area (Å²) in [5.41, 5.74) is -1.02. The van der Waals surface area contributed by atoms with E-state index in [9.17, 15) is 4.39 Å². The zero-order chi connectivity index (χ0) is 16.6. The number of benzene rings is 1. The highest BCUT2D eigenvalue weighted by molar-refractivity contribution is 5.53. The summed E-state index contributed by atoms with van der Waals surface area (Å²) < 4.78 is 33.3. The summed E-state index contributed by atoms with van der Waals surface area (Å²) >= 11 is 0. The first-order valence-corrected chi connectivity index (χ1v) is 7.45. The van der Waals surface area contributed by atoms with Crippen molar-refractivity contribution in [2.75, 3.05) is 18.0 Å². The first-order chi connectivity index (χ1) is 11.6. The second-order valence-corrected chi connectivity index (χ2v) is 5.63. The van der Waals surface area contributed by atoms with Crippen molar-refractivity contribution in [3.63, 3.8) is 0 Å². The standard InChI is InChI=1S/C16H13F2N5O/c17-12-8-19-15(20-9-12)23-7-6-16(18,10-23)14-21-13(22-24-14)11-4-2-1-3-5-11/h1-5,8-9H,6-7,10H2. The molecule has 0 N–H and O–H groups in total. The number of hydrogen-bond donors (Lipinski definition) is 0. The van der Waals surface area contributed by atoms with Crippen molar-refractivity contribution in [1.29, 1.82) is 0 Å². The smallest absolute Gasteiger partial charge is 0.266 e. The van der Waals surface area contributed by atoms with Gasteiger partial charge in [0.05, 0.1) is 18.9 Å². The van der Waals surface area contributed by atoms with Gasteiger partial charge in [-0.3, -0.25) is 0 Å². The Bertz CT molecular complexity index is 839. The van der Waals surface area contributed by atoms with E-state index in [0.717, 1.165) is 18.0 Å². The maximum Gasteiger partial charge on any atom is 0.266 e. The van der Waals surface area contributed by atoms with Crippen LogP contribution in [0.2, 0.25) is 0 Å². The molecule has 0 spiro atoms. The summed E-state index contributed by atoms with van der Waals surface area (Å²) in [6.07, 6.45) is 2.28. The maximum absolute atomic E-state index is 15.2. The minimum Gasteiger partial charge on any atom is -0.337 e. The summed E-state index contributed by atoms with van der Waals surface area (Å²) in [7, 11) is 0. The Hall–Kier alpha value is -2.90. The van der Waals surface area contributed by atoms with Crippen molar-refractivity contribution in [3.8, 4) is 11.4 Å². The molecule has 8 heteroatoms. The lowest BCUT2D eigenvalue weighted by atomic mass is 10.1. The lowest BCUT2D eigenvalue weighted by Gasteiger charge is -2.17. The molecule has 1 aromatic carbocycles. The van der Waals surface area contributed by atoms with Crippen molar-refractivity contribution in [2.45, 2.75) is 12.1 Å². The Morgan fingerprint density at radius 1 is 1.12 bits per heavy atom. The van der Waals surface area contributed by atoms with E-state index in [2.05, 4.69) is 20.1 Å². The first kappa shape index (κ1) is 14.7. The van der Waals surface area contributed by atoms with Gasteiger partial charge in [0.2, 0.25) is 17.4 Å². The van der Waals surface area contributed by atoms with Crippen molar-refractivity contribution < 1.29 is 13.3 Å². The number of nitrogens with zero attached hydrogens (tertiary/aromatic N) is 5. The molecule has 2 aromatic heterocycles. The summed E-state index contributed by atoms with van der Waals surface area (Å²) in [6, 6.07) is 9.22. The van der Waals surface area contributed by atoms with Crippen LogP contribution in [0.5, 0.6) is 0 Å². The highest BCUT2D eigenvalue weighted by atomic mass is 19.1. The first-order valence-electron chi connectivity index (χ1n) is 7.45. The fraction of sp³-hybridized carbons (Fsp3) is 0.250. The van der Waals surface area contributed by atoms with Crippen LogP contribution in [-0.4, -0.2) is 33.2 Å². The molecule has 0 saturated carbocycles. The minimum atomic E-state index is -1.78. The fourth-order valence-electron chi connectivity index (χ4n) is 2.70. The number of anilines is 1. The van der Waals surface area contributed by atoms with Crippen LogP contribution in [0.3, 0.4) is 0 Å². The molecule has 1 saturated heterocycles. The number of aromatic nitrogens is 4. The van der Waals surface area contributed by atoms with Gasteiger partial charge in [-0.05, 0) is 0 Å². The van der Waals surface area contributed by atoms with E-state index < -0.39 is 11.5 Å². The Morgan fingerprint density at radius 3 is 2.62 bits per heavy atom. The van der Waals surface area contributed by atoms with E-state index in [1.807, 2.05) is 30.3 Å². The quantitative estimate of drug-likeness (QED) is 0.736. The van der Waals surface area contributed by atoms with Gasteiger partial charge in [-0.2, -0.15) is 4.98 Å². The normalized spacial score (nSPS) is 20.5. The van der Waals surface area contributed by atoms with Gasteiger partial charge in [-0.15, -0.1) is 0 Å². The van der Waals surface area contributed by atoms with Crippen LogP contribution < -0.4 is 4.90 Å². The topological polar surface area (TPSA) is 67.9 Å². The van der Waals surface area contributed by atoms with Crippen LogP contribution in [0.1, 0.15) is 12.3 Å². The minimum absolute atomic E-state index is 0.0188. The van der Waals surface area contributed by atoms with Crippen molar-refractivity contribution >= 4 is 5.95 Å². The third-order valence-corrected chi connectivity index (χ3v) is 3.95. The molecule has 6 nitrogen and oxygen atoms in total. The lowest BCUT2D eigenvalue weighted by molar-refractivity contribution is 0.136. The van der Waals surface area contributed by atoms with E-state index in [4.69, 9.17) is 4.52 Å². The molecular weight excluding hydrogens is 316 g/mol. The highest BCUT2D eigenvalue weighted by Gasteiger charge is 2.45. The van der Waals surface area contributed by atoms with Gasteiger partial charge in [0.25, 0.3) is 5.89 Å². The van der Waals surface area contributed by atoms with E-state index in [0.29, 0.717) is 12.4 Å². The van der Waals surface area contributed by atoms with Crippen LogP contribution in [-0.2, 0) is 5.67 Å². The molecule has 3 heterocycles. The molecule has 0 bridgehead atoms. The predicted octanol–water partition coefficient (Wildman–Crippen LogP) is 2.74. The Labute approximate surface area is 136 Å². The third-order valence-electron chi connectivity index (χ3n) is 3.95. The van der Waals surface area contributed by atoms with Crippen molar-refractivity contribution in [2.24, 2.45) is 0 Å². The average Bonchev–Trinajstić information content (AvgIpc) is 3.25. The molecule has 1 aliphatic rings. The second kappa shape index (κ2) is 5.63. The average molecular weight is 329 g/mol. The monoisotopic (exact) mass is 329 g/mol. The lowest BCUT2D eigenvalue weighted by Crippen LogP contribution is -2.28. The van der Waals surface area contributed by atoms with Gasteiger partial charge >= 0.3 is 0 Å². The molecule has 4 rings (SSSR count). The molecule has 1 aliphatic heterocycles.